The third kappa shape index (κ3) is 6.41. The van der Waals surface area contributed by atoms with Crippen molar-refractivity contribution >= 4 is 0 Å². The van der Waals surface area contributed by atoms with Crippen molar-refractivity contribution in [2.45, 2.75) is 40.2 Å². The molecule has 0 unspecified atom stereocenters. The maximum Gasteiger partial charge on any atom is 0.0162 e. The number of hydrogen-bond donors (Lipinski definition) is 0. The lowest BCUT2D eigenvalue weighted by Crippen LogP contribution is -2.26. The minimum atomic E-state index is 0.647. The molecule has 12 heavy (non-hydrogen) atoms. The highest BCUT2D eigenvalue weighted by Crippen LogP contribution is 2.00. The predicted molar refractivity (Wildman–Crippen MR) is 56.4 cm³/mol. The standard InChI is InChI=1S/C11H23N/c1-10(2)8-6-7-9-12(5)11(3)4/h6-7,10-11H,8-9H2,1-5H3/b7-6-. The van der Waals surface area contributed by atoms with E-state index in [1.165, 1.54) is 6.42 Å². The monoisotopic (exact) mass is 169 g/mol. The van der Waals surface area contributed by atoms with Crippen molar-refractivity contribution < 1.29 is 0 Å². The summed E-state index contributed by atoms with van der Waals surface area (Å²) in [6.45, 7) is 10.0. The topological polar surface area (TPSA) is 3.24 Å². The quantitative estimate of drug-likeness (QED) is 0.572. The first-order valence-corrected chi connectivity index (χ1v) is 4.89. The summed E-state index contributed by atoms with van der Waals surface area (Å²) >= 11 is 0. The predicted octanol–water partition coefficient (Wildman–Crippen LogP) is 2.93. The second kappa shape index (κ2) is 6.24. The first kappa shape index (κ1) is 11.7. The van der Waals surface area contributed by atoms with E-state index >= 15 is 0 Å². The zero-order valence-corrected chi connectivity index (χ0v) is 9.17. The molecule has 0 aromatic carbocycles. The van der Waals surface area contributed by atoms with Gasteiger partial charge in [0.15, 0.2) is 0 Å². The van der Waals surface area contributed by atoms with Gasteiger partial charge in [-0.15, -0.1) is 0 Å². The summed E-state index contributed by atoms with van der Waals surface area (Å²) < 4.78 is 0. The minimum Gasteiger partial charge on any atom is -0.300 e. The van der Waals surface area contributed by atoms with Gasteiger partial charge in [-0.1, -0.05) is 26.0 Å². The Morgan fingerprint density at radius 3 is 2.08 bits per heavy atom. The van der Waals surface area contributed by atoms with Crippen LogP contribution in [0.3, 0.4) is 0 Å². The lowest BCUT2D eigenvalue weighted by atomic mass is 10.1. The van der Waals surface area contributed by atoms with Crippen molar-refractivity contribution in [3.8, 4) is 0 Å². The van der Waals surface area contributed by atoms with Gasteiger partial charge in [0, 0.05) is 12.6 Å². The summed E-state index contributed by atoms with van der Waals surface area (Å²) in [5, 5.41) is 0. The third-order valence-electron chi connectivity index (χ3n) is 2.05. The molecule has 0 saturated heterocycles. The first-order chi connectivity index (χ1) is 5.54. The number of nitrogens with zero attached hydrogens (tertiary/aromatic N) is 1. The Hall–Kier alpha value is -0.300. The largest absolute Gasteiger partial charge is 0.300 e. The van der Waals surface area contributed by atoms with E-state index in [9.17, 15) is 0 Å². The molecule has 0 aromatic rings. The fourth-order valence-corrected chi connectivity index (χ4v) is 0.820. The fraction of sp³-hybridized carbons (Fsp3) is 0.818. The van der Waals surface area contributed by atoms with Gasteiger partial charge in [-0.2, -0.15) is 0 Å². The summed E-state index contributed by atoms with van der Waals surface area (Å²) in [6, 6.07) is 0.647. The maximum absolute atomic E-state index is 2.33. The summed E-state index contributed by atoms with van der Waals surface area (Å²) in [7, 11) is 2.16. The van der Waals surface area contributed by atoms with E-state index in [2.05, 4.69) is 51.8 Å². The van der Waals surface area contributed by atoms with Gasteiger partial charge in [0.2, 0.25) is 0 Å². The molecule has 0 heterocycles. The maximum atomic E-state index is 2.33. The molecule has 72 valence electrons. The summed E-state index contributed by atoms with van der Waals surface area (Å²) in [5.74, 6) is 0.783. The summed E-state index contributed by atoms with van der Waals surface area (Å²) in [5.41, 5.74) is 0. The van der Waals surface area contributed by atoms with Gasteiger partial charge in [-0.05, 0) is 33.2 Å². The van der Waals surface area contributed by atoms with E-state index in [0.717, 1.165) is 12.5 Å². The van der Waals surface area contributed by atoms with Gasteiger partial charge in [-0.25, -0.2) is 0 Å². The average Bonchev–Trinajstić information content (AvgIpc) is 1.97. The molecule has 0 rings (SSSR count). The van der Waals surface area contributed by atoms with Crippen LogP contribution >= 0.6 is 0 Å². The van der Waals surface area contributed by atoms with Crippen LogP contribution in [0.4, 0.5) is 0 Å². The molecule has 0 aromatic heterocycles. The van der Waals surface area contributed by atoms with Gasteiger partial charge in [0.1, 0.15) is 0 Å². The Morgan fingerprint density at radius 2 is 1.67 bits per heavy atom. The molecule has 0 fully saturated rings. The summed E-state index contributed by atoms with van der Waals surface area (Å²) in [4.78, 5) is 2.33. The van der Waals surface area contributed by atoms with Crippen molar-refractivity contribution in [3.05, 3.63) is 12.2 Å². The Balaban J connectivity index is 3.46. The number of rotatable bonds is 5. The Bertz CT molecular complexity index is 125. The second-order valence-electron chi connectivity index (χ2n) is 4.13. The molecule has 1 heteroatoms. The Labute approximate surface area is 77.5 Å². The van der Waals surface area contributed by atoms with E-state index < -0.39 is 0 Å². The van der Waals surface area contributed by atoms with Crippen LogP contribution in [0.1, 0.15) is 34.1 Å². The molecule has 0 spiro atoms. The minimum absolute atomic E-state index is 0.647. The van der Waals surface area contributed by atoms with Gasteiger partial charge in [-0.3, -0.25) is 0 Å². The normalized spacial score (nSPS) is 12.7. The number of hydrogen-bond acceptors (Lipinski definition) is 1. The van der Waals surface area contributed by atoms with Crippen LogP contribution in [0.5, 0.6) is 0 Å². The fourth-order valence-electron chi connectivity index (χ4n) is 0.820. The van der Waals surface area contributed by atoms with Crippen LogP contribution in [0.2, 0.25) is 0 Å². The van der Waals surface area contributed by atoms with Gasteiger partial charge in [0.25, 0.3) is 0 Å². The Morgan fingerprint density at radius 1 is 1.08 bits per heavy atom. The van der Waals surface area contributed by atoms with Gasteiger partial charge < -0.3 is 4.90 Å². The first-order valence-electron chi connectivity index (χ1n) is 4.89. The molecule has 0 amide bonds. The molecular weight excluding hydrogens is 146 g/mol. The highest BCUT2D eigenvalue weighted by molar-refractivity contribution is 4.85. The molecule has 0 N–H and O–H groups in total. The molecule has 0 radical (unpaired) electrons. The SMILES string of the molecule is CC(C)C/C=C\CN(C)C(C)C. The molecule has 1 nitrogen and oxygen atoms in total. The third-order valence-corrected chi connectivity index (χ3v) is 2.05. The van der Waals surface area contributed by atoms with Crippen molar-refractivity contribution in [2.24, 2.45) is 5.92 Å². The van der Waals surface area contributed by atoms with Crippen molar-refractivity contribution in [3.63, 3.8) is 0 Å². The molecule has 0 aliphatic heterocycles. The molecule has 0 saturated carbocycles. The van der Waals surface area contributed by atoms with Crippen LogP contribution in [0.15, 0.2) is 12.2 Å². The highest BCUT2D eigenvalue weighted by atomic mass is 15.1. The van der Waals surface area contributed by atoms with Crippen LogP contribution in [-0.2, 0) is 0 Å². The molecule has 0 aliphatic carbocycles. The highest BCUT2D eigenvalue weighted by Gasteiger charge is 1.98. The molecule has 0 bridgehead atoms. The zero-order chi connectivity index (χ0) is 9.56. The Kier molecular flexibility index (Phi) is 6.09. The zero-order valence-electron chi connectivity index (χ0n) is 9.17. The van der Waals surface area contributed by atoms with E-state index in [1.807, 2.05) is 0 Å². The van der Waals surface area contributed by atoms with Crippen molar-refractivity contribution in [1.29, 1.82) is 0 Å². The summed E-state index contributed by atoms with van der Waals surface area (Å²) in [6.07, 6.45) is 5.75. The average molecular weight is 169 g/mol. The van der Waals surface area contributed by atoms with Gasteiger partial charge >= 0.3 is 0 Å². The van der Waals surface area contributed by atoms with E-state index in [1.54, 1.807) is 0 Å². The van der Waals surface area contributed by atoms with E-state index in [0.29, 0.717) is 6.04 Å². The second-order valence-corrected chi connectivity index (χ2v) is 4.13. The molecule has 0 atom stereocenters. The van der Waals surface area contributed by atoms with Crippen LogP contribution in [-0.4, -0.2) is 24.5 Å². The molecule has 0 aliphatic rings. The lowest BCUT2D eigenvalue weighted by molar-refractivity contribution is 0.303. The molecular formula is C11H23N. The van der Waals surface area contributed by atoms with Crippen molar-refractivity contribution in [1.82, 2.24) is 4.90 Å². The number of allylic oxidation sites excluding steroid dienone is 1. The number of likely N-dealkylation sites (N-methyl/N-ethyl adjacent to an activating group) is 1. The lowest BCUT2D eigenvalue weighted by Gasteiger charge is -2.18. The van der Waals surface area contributed by atoms with Crippen LogP contribution in [0, 0.1) is 5.92 Å². The van der Waals surface area contributed by atoms with E-state index in [-0.39, 0.29) is 0 Å². The van der Waals surface area contributed by atoms with E-state index in [4.69, 9.17) is 0 Å². The van der Waals surface area contributed by atoms with Crippen LogP contribution < -0.4 is 0 Å². The smallest absolute Gasteiger partial charge is 0.0162 e. The van der Waals surface area contributed by atoms with Crippen molar-refractivity contribution in [2.75, 3.05) is 13.6 Å². The van der Waals surface area contributed by atoms with Crippen LogP contribution in [0.25, 0.3) is 0 Å². The van der Waals surface area contributed by atoms with Gasteiger partial charge in [0.05, 0.1) is 0 Å².